The number of hydrogen-bond donors (Lipinski definition) is 0. The highest BCUT2D eigenvalue weighted by Crippen LogP contribution is 1.77. The van der Waals surface area contributed by atoms with Gasteiger partial charge in [-0.25, -0.2) is 0 Å². The lowest BCUT2D eigenvalue weighted by Crippen LogP contribution is -2.06. The molecule has 0 atom stereocenters. The molecule has 0 aliphatic rings. The number of carbonyl (C=O) groups is 1. The number of hydrogen-bond acceptors (Lipinski definition) is 3. The van der Waals surface area contributed by atoms with Crippen molar-refractivity contribution in [1.29, 1.82) is 0 Å². The molecule has 0 heterocycles. The highest BCUT2D eigenvalue weighted by molar-refractivity contribution is 5.90. The van der Waals surface area contributed by atoms with Crippen molar-refractivity contribution in [3.05, 3.63) is 12.7 Å². The minimum Gasteiger partial charge on any atom is -0.359 e. The molecule has 0 aliphatic carbocycles. The first kappa shape index (κ1) is 8.33. The molecule has 0 amide bonds. The Morgan fingerprint density at radius 3 is 2.89 bits per heavy atom. The van der Waals surface area contributed by atoms with E-state index in [2.05, 4.69) is 11.3 Å². The molecular weight excluding hydrogens is 120 g/mol. The molecule has 0 radical (unpaired) electrons. The average molecular weight is 130 g/mol. The molecule has 0 aromatic rings. The zero-order chi connectivity index (χ0) is 7.11. The van der Waals surface area contributed by atoms with E-state index in [1.54, 1.807) is 0 Å². The van der Waals surface area contributed by atoms with Gasteiger partial charge in [0, 0.05) is 7.11 Å². The zero-order valence-corrected chi connectivity index (χ0v) is 5.42. The van der Waals surface area contributed by atoms with E-state index in [0.717, 1.165) is 0 Å². The van der Waals surface area contributed by atoms with Crippen LogP contribution in [0.5, 0.6) is 0 Å². The molecule has 0 saturated heterocycles. The quantitative estimate of drug-likeness (QED) is 0.306. The Hall–Kier alpha value is -0.670. The van der Waals surface area contributed by atoms with Crippen molar-refractivity contribution in [2.75, 3.05) is 20.5 Å². The van der Waals surface area contributed by atoms with Crippen LogP contribution in [0.4, 0.5) is 0 Å². The third-order valence-corrected chi connectivity index (χ3v) is 0.673. The maximum Gasteiger partial charge on any atom is 0.180 e. The first-order valence-corrected chi connectivity index (χ1v) is 2.53. The van der Waals surface area contributed by atoms with Gasteiger partial charge in [0.25, 0.3) is 0 Å². The Labute approximate surface area is 54.3 Å². The second kappa shape index (κ2) is 5.47. The second-order valence-electron chi connectivity index (χ2n) is 1.43. The lowest BCUT2D eigenvalue weighted by atomic mass is 10.4. The van der Waals surface area contributed by atoms with E-state index in [1.807, 2.05) is 0 Å². The van der Waals surface area contributed by atoms with Crippen LogP contribution in [0, 0.1) is 0 Å². The van der Waals surface area contributed by atoms with E-state index in [9.17, 15) is 4.79 Å². The molecule has 0 unspecified atom stereocenters. The fourth-order valence-corrected chi connectivity index (χ4v) is 0.285. The van der Waals surface area contributed by atoms with E-state index in [0.29, 0.717) is 0 Å². The molecule has 3 heteroatoms. The molecular formula is C6H10O3. The molecule has 0 N–H and O–H groups in total. The first-order valence-electron chi connectivity index (χ1n) is 2.53. The number of carbonyl (C=O) groups excluding carboxylic acids is 1. The average Bonchev–Trinajstić information content (AvgIpc) is 1.89. The van der Waals surface area contributed by atoms with E-state index in [-0.39, 0.29) is 19.2 Å². The van der Waals surface area contributed by atoms with Crippen LogP contribution in [0.3, 0.4) is 0 Å². The summed E-state index contributed by atoms with van der Waals surface area (Å²) in [7, 11) is 1.50. The van der Waals surface area contributed by atoms with E-state index >= 15 is 0 Å². The minimum atomic E-state index is -0.132. The molecule has 3 nitrogen and oxygen atoms in total. The van der Waals surface area contributed by atoms with Crippen LogP contribution >= 0.6 is 0 Å². The smallest absolute Gasteiger partial charge is 0.180 e. The Bertz CT molecular complexity index is 98.5. The third-order valence-electron chi connectivity index (χ3n) is 0.673. The highest BCUT2D eigenvalue weighted by atomic mass is 16.7. The van der Waals surface area contributed by atoms with E-state index < -0.39 is 0 Å². The van der Waals surface area contributed by atoms with Gasteiger partial charge in [0.15, 0.2) is 5.78 Å². The van der Waals surface area contributed by atoms with Gasteiger partial charge in [0.05, 0.1) is 0 Å². The maximum atomic E-state index is 10.4. The summed E-state index contributed by atoms with van der Waals surface area (Å²) in [5, 5.41) is 0. The van der Waals surface area contributed by atoms with Crippen LogP contribution in [0.15, 0.2) is 12.7 Å². The third kappa shape index (κ3) is 5.20. The minimum absolute atomic E-state index is 0.0529. The summed E-state index contributed by atoms with van der Waals surface area (Å²) in [5.74, 6) is -0.132. The van der Waals surface area contributed by atoms with Gasteiger partial charge >= 0.3 is 0 Å². The fraction of sp³-hybridized carbons (Fsp3) is 0.500. The van der Waals surface area contributed by atoms with Gasteiger partial charge in [-0.1, -0.05) is 6.58 Å². The lowest BCUT2D eigenvalue weighted by Gasteiger charge is -1.96. The summed E-state index contributed by atoms with van der Waals surface area (Å²) in [6, 6.07) is 0. The zero-order valence-electron chi connectivity index (χ0n) is 5.42. The lowest BCUT2D eigenvalue weighted by molar-refractivity contribution is -0.123. The van der Waals surface area contributed by atoms with Gasteiger partial charge in [0.2, 0.25) is 0 Å². The maximum absolute atomic E-state index is 10.4. The van der Waals surface area contributed by atoms with Gasteiger partial charge in [-0.3, -0.25) is 4.79 Å². The predicted octanol–water partition coefficient (Wildman–Crippen LogP) is 0.362. The van der Waals surface area contributed by atoms with Crippen LogP contribution in [0.2, 0.25) is 0 Å². The van der Waals surface area contributed by atoms with Gasteiger partial charge in [0.1, 0.15) is 13.4 Å². The van der Waals surface area contributed by atoms with Crippen LogP contribution in [0.25, 0.3) is 0 Å². The predicted molar refractivity (Wildman–Crippen MR) is 33.0 cm³/mol. The topological polar surface area (TPSA) is 35.5 Å². The van der Waals surface area contributed by atoms with Crippen molar-refractivity contribution < 1.29 is 14.3 Å². The SMILES string of the molecule is C=CC(=O)COCOC. The van der Waals surface area contributed by atoms with Gasteiger partial charge in [-0.2, -0.15) is 0 Å². The molecule has 0 aromatic heterocycles. The summed E-state index contributed by atoms with van der Waals surface area (Å²) in [5.41, 5.74) is 0. The number of ketones is 1. The monoisotopic (exact) mass is 130 g/mol. The molecule has 0 saturated carbocycles. The molecule has 0 spiro atoms. The second-order valence-corrected chi connectivity index (χ2v) is 1.43. The summed E-state index contributed by atoms with van der Waals surface area (Å²) in [6.07, 6.45) is 1.22. The summed E-state index contributed by atoms with van der Waals surface area (Å²) in [4.78, 5) is 10.4. The molecule has 0 rings (SSSR count). The van der Waals surface area contributed by atoms with E-state index in [1.165, 1.54) is 13.2 Å². The Morgan fingerprint density at radius 2 is 2.44 bits per heavy atom. The molecule has 0 aliphatic heterocycles. The largest absolute Gasteiger partial charge is 0.359 e. The summed E-state index contributed by atoms with van der Waals surface area (Å²) in [6.45, 7) is 3.47. The van der Waals surface area contributed by atoms with Gasteiger partial charge in [-0.15, -0.1) is 0 Å². The van der Waals surface area contributed by atoms with Crippen molar-refractivity contribution in [3.8, 4) is 0 Å². The van der Waals surface area contributed by atoms with Crippen LogP contribution in [-0.4, -0.2) is 26.3 Å². The van der Waals surface area contributed by atoms with Crippen LogP contribution < -0.4 is 0 Å². The Morgan fingerprint density at radius 1 is 1.78 bits per heavy atom. The van der Waals surface area contributed by atoms with Crippen molar-refractivity contribution in [1.82, 2.24) is 0 Å². The van der Waals surface area contributed by atoms with Crippen molar-refractivity contribution in [2.45, 2.75) is 0 Å². The fourth-order valence-electron chi connectivity index (χ4n) is 0.285. The van der Waals surface area contributed by atoms with Crippen LogP contribution in [0.1, 0.15) is 0 Å². The standard InChI is InChI=1S/C6H10O3/c1-3-6(7)4-9-5-8-2/h3H,1,4-5H2,2H3. The van der Waals surface area contributed by atoms with E-state index in [4.69, 9.17) is 4.74 Å². The Balaban J connectivity index is 3.07. The van der Waals surface area contributed by atoms with Crippen molar-refractivity contribution in [3.63, 3.8) is 0 Å². The molecule has 52 valence electrons. The van der Waals surface area contributed by atoms with Crippen molar-refractivity contribution in [2.24, 2.45) is 0 Å². The number of methoxy groups -OCH3 is 1. The number of ether oxygens (including phenoxy) is 2. The number of rotatable bonds is 5. The Kier molecular flexibility index (Phi) is 5.06. The van der Waals surface area contributed by atoms with Gasteiger partial charge in [-0.05, 0) is 6.08 Å². The summed E-state index contributed by atoms with van der Waals surface area (Å²) < 4.78 is 9.22. The van der Waals surface area contributed by atoms with Crippen LogP contribution in [-0.2, 0) is 14.3 Å². The molecule has 0 aromatic carbocycles. The normalized spacial score (nSPS) is 9.00. The van der Waals surface area contributed by atoms with Gasteiger partial charge < -0.3 is 9.47 Å². The van der Waals surface area contributed by atoms with Crippen molar-refractivity contribution >= 4 is 5.78 Å². The summed E-state index contributed by atoms with van der Waals surface area (Å²) >= 11 is 0. The molecule has 0 bridgehead atoms. The molecule has 9 heavy (non-hydrogen) atoms. The highest BCUT2D eigenvalue weighted by Gasteiger charge is 1.92. The molecule has 0 fully saturated rings. The first-order chi connectivity index (χ1) is 4.31.